The highest BCUT2D eigenvalue weighted by Gasteiger charge is 2.30. The number of nitrogens with zero attached hydrogens (tertiary/aromatic N) is 2. The van der Waals surface area contributed by atoms with Crippen LogP contribution in [0.3, 0.4) is 0 Å². The molecule has 0 aliphatic heterocycles. The first-order valence-electron chi connectivity index (χ1n) is 5.36. The van der Waals surface area contributed by atoms with Gasteiger partial charge in [0.1, 0.15) is 5.82 Å². The highest BCUT2D eigenvalue weighted by molar-refractivity contribution is 5.68. The standard InChI is InChI=1S/C12H11F3N4/c1-6-9(18-11(17)19-10(6)16)7-2-4-8(5-3-7)12(13,14)15/h2-5H,1H3,(H4,16,17,18,19). The van der Waals surface area contributed by atoms with Crippen LogP contribution >= 0.6 is 0 Å². The normalized spacial score (nSPS) is 11.6. The predicted octanol–water partition coefficient (Wildman–Crippen LogP) is 2.64. The van der Waals surface area contributed by atoms with Gasteiger partial charge in [0.15, 0.2) is 0 Å². The van der Waals surface area contributed by atoms with Crippen LogP contribution in [-0.2, 0) is 6.18 Å². The number of rotatable bonds is 1. The molecule has 7 heteroatoms. The summed E-state index contributed by atoms with van der Waals surface area (Å²) in [4.78, 5) is 7.78. The van der Waals surface area contributed by atoms with Gasteiger partial charge in [0.25, 0.3) is 0 Å². The van der Waals surface area contributed by atoms with Crippen LogP contribution in [0.2, 0.25) is 0 Å². The topological polar surface area (TPSA) is 77.8 Å². The minimum Gasteiger partial charge on any atom is -0.383 e. The van der Waals surface area contributed by atoms with Crippen LogP contribution in [0.25, 0.3) is 11.3 Å². The van der Waals surface area contributed by atoms with Crippen LogP contribution in [0.5, 0.6) is 0 Å². The van der Waals surface area contributed by atoms with E-state index in [9.17, 15) is 13.2 Å². The number of aromatic nitrogens is 2. The van der Waals surface area contributed by atoms with Crippen LogP contribution < -0.4 is 11.5 Å². The summed E-state index contributed by atoms with van der Waals surface area (Å²) in [7, 11) is 0. The van der Waals surface area contributed by atoms with Crippen LogP contribution in [0.4, 0.5) is 24.9 Å². The van der Waals surface area contributed by atoms with Gasteiger partial charge in [-0.25, -0.2) is 4.98 Å². The summed E-state index contributed by atoms with van der Waals surface area (Å²) < 4.78 is 37.4. The Labute approximate surface area is 107 Å². The van der Waals surface area contributed by atoms with E-state index in [0.29, 0.717) is 16.8 Å². The number of nitrogen functional groups attached to an aromatic ring is 2. The molecule has 1 aromatic heterocycles. The molecule has 0 unspecified atom stereocenters. The average Bonchev–Trinajstić information content (AvgIpc) is 2.33. The fourth-order valence-corrected chi connectivity index (χ4v) is 1.65. The second-order valence-corrected chi connectivity index (χ2v) is 4.02. The van der Waals surface area contributed by atoms with Gasteiger partial charge in [0.2, 0.25) is 5.95 Å². The molecule has 0 amide bonds. The maximum absolute atomic E-state index is 12.5. The van der Waals surface area contributed by atoms with E-state index in [-0.39, 0.29) is 11.8 Å². The van der Waals surface area contributed by atoms with Crippen molar-refractivity contribution < 1.29 is 13.2 Å². The van der Waals surface area contributed by atoms with E-state index in [1.807, 2.05) is 0 Å². The van der Waals surface area contributed by atoms with Crippen molar-refractivity contribution in [2.45, 2.75) is 13.1 Å². The van der Waals surface area contributed by atoms with Gasteiger partial charge < -0.3 is 11.5 Å². The Kier molecular flexibility index (Phi) is 3.05. The summed E-state index contributed by atoms with van der Waals surface area (Å²) in [6, 6.07) is 4.64. The first-order valence-corrected chi connectivity index (χ1v) is 5.36. The van der Waals surface area contributed by atoms with Crippen molar-refractivity contribution in [3.63, 3.8) is 0 Å². The molecule has 2 aromatic rings. The van der Waals surface area contributed by atoms with Gasteiger partial charge in [-0.1, -0.05) is 12.1 Å². The van der Waals surface area contributed by atoms with Crippen molar-refractivity contribution in [2.75, 3.05) is 11.5 Å². The van der Waals surface area contributed by atoms with Gasteiger partial charge >= 0.3 is 6.18 Å². The average molecular weight is 268 g/mol. The van der Waals surface area contributed by atoms with Crippen molar-refractivity contribution in [1.29, 1.82) is 0 Å². The molecular formula is C12H11F3N4. The second kappa shape index (κ2) is 4.42. The van der Waals surface area contributed by atoms with E-state index in [1.165, 1.54) is 12.1 Å². The minimum atomic E-state index is -4.36. The number of halogens is 3. The van der Waals surface area contributed by atoms with E-state index in [2.05, 4.69) is 9.97 Å². The SMILES string of the molecule is Cc1c(N)nc(N)nc1-c1ccc(C(F)(F)F)cc1. The fourth-order valence-electron chi connectivity index (χ4n) is 1.65. The predicted molar refractivity (Wildman–Crippen MR) is 66.0 cm³/mol. The van der Waals surface area contributed by atoms with Crippen LogP contribution in [0.15, 0.2) is 24.3 Å². The maximum atomic E-state index is 12.5. The molecule has 1 aromatic carbocycles. The lowest BCUT2D eigenvalue weighted by atomic mass is 10.1. The summed E-state index contributed by atoms with van der Waals surface area (Å²) in [5, 5.41) is 0. The largest absolute Gasteiger partial charge is 0.416 e. The van der Waals surface area contributed by atoms with E-state index in [4.69, 9.17) is 11.5 Å². The van der Waals surface area contributed by atoms with Crippen molar-refractivity contribution in [3.8, 4) is 11.3 Å². The minimum absolute atomic E-state index is 0.0157. The van der Waals surface area contributed by atoms with E-state index >= 15 is 0 Å². The first kappa shape index (κ1) is 13.1. The van der Waals surface area contributed by atoms with Gasteiger partial charge in [0.05, 0.1) is 11.3 Å². The molecule has 1 heterocycles. The van der Waals surface area contributed by atoms with Gasteiger partial charge in [-0.3, -0.25) is 0 Å². The summed E-state index contributed by atoms with van der Waals surface area (Å²) >= 11 is 0. The third kappa shape index (κ3) is 2.59. The number of nitrogens with two attached hydrogens (primary N) is 2. The Hall–Kier alpha value is -2.31. The third-order valence-corrected chi connectivity index (χ3v) is 2.69. The molecule has 0 atom stereocenters. The van der Waals surface area contributed by atoms with Gasteiger partial charge in [-0.05, 0) is 19.1 Å². The zero-order chi connectivity index (χ0) is 14.2. The molecule has 0 aliphatic rings. The quantitative estimate of drug-likeness (QED) is 0.833. The molecule has 4 N–H and O–H groups in total. The van der Waals surface area contributed by atoms with Gasteiger partial charge in [-0.2, -0.15) is 18.2 Å². The number of hydrogen-bond acceptors (Lipinski definition) is 4. The van der Waals surface area contributed by atoms with E-state index < -0.39 is 11.7 Å². The molecule has 100 valence electrons. The Bertz CT molecular complexity index is 606. The molecule has 0 radical (unpaired) electrons. The molecule has 0 bridgehead atoms. The summed E-state index contributed by atoms with van der Waals surface area (Å²) in [6.07, 6.45) is -4.36. The molecule has 0 aliphatic carbocycles. The van der Waals surface area contributed by atoms with Crippen LogP contribution in [0, 0.1) is 6.92 Å². The number of hydrogen-bond donors (Lipinski definition) is 2. The summed E-state index contributed by atoms with van der Waals surface area (Å²) in [6.45, 7) is 1.68. The molecule has 0 fully saturated rings. The zero-order valence-corrected chi connectivity index (χ0v) is 9.99. The van der Waals surface area contributed by atoms with Gasteiger partial charge in [0, 0.05) is 11.1 Å². The third-order valence-electron chi connectivity index (χ3n) is 2.69. The molecule has 2 rings (SSSR count). The Morgan fingerprint density at radius 2 is 1.58 bits per heavy atom. The lowest BCUT2D eigenvalue weighted by Gasteiger charge is -2.10. The van der Waals surface area contributed by atoms with Crippen LogP contribution in [-0.4, -0.2) is 9.97 Å². The molecule has 0 saturated carbocycles. The van der Waals surface area contributed by atoms with E-state index in [0.717, 1.165) is 12.1 Å². The lowest BCUT2D eigenvalue weighted by molar-refractivity contribution is -0.137. The number of anilines is 2. The number of alkyl halides is 3. The summed E-state index contributed by atoms with van der Waals surface area (Å²) in [5.41, 5.74) is 11.9. The molecule has 4 nitrogen and oxygen atoms in total. The molecule has 19 heavy (non-hydrogen) atoms. The molecule has 0 spiro atoms. The number of benzene rings is 1. The van der Waals surface area contributed by atoms with E-state index in [1.54, 1.807) is 6.92 Å². The Balaban J connectivity index is 2.49. The second-order valence-electron chi connectivity index (χ2n) is 4.02. The van der Waals surface area contributed by atoms with Crippen molar-refractivity contribution in [1.82, 2.24) is 9.97 Å². The van der Waals surface area contributed by atoms with Crippen molar-refractivity contribution in [2.24, 2.45) is 0 Å². The fraction of sp³-hybridized carbons (Fsp3) is 0.167. The highest BCUT2D eigenvalue weighted by atomic mass is 19.4. The van der Waals surface area contributed by atoms with Crippen molar-refractivity contribution in [3.05, 3.63) is 35.4 Å². The monoisotopic (exact) mass is 268 g/mol. The first-order chi connectivity index (χ1) is 8.79. The molecule has 0 saturated heterocycles. The Morgan fingerprint density at radius 3 is 2.11 bits per heavy atom. The molecular weight excluding hydrogens is 257 g/mol. The Morgan fingerprint density at radius 1 is 1.00 bits per heavy atom. The zero-order valence-electron chi connectivity index (χ0n) is 9.99. The van der Waals surface area contributed by atoms with Crippen molar-refractivity contribution >= 4 is 11.8 Å². The van der Waals surface area contributed by atoms with Crippen LogP contribution in [0.1, 0.15) is 11.1 Å². The summed E-state index contributed by atoms with van der Waals surface area (Å²) in [5.74, 6) is 0.195. The maximum Gasteiger partial charge on any atom is 0.416 e. The smallest absolute Gasteiger partial charge is 0.383 e. The lowest BCUT2D eigenvalue weighted by Crippen LogP contribution is -2.06. The highest BCUT2D eigenvalue weighted by Crippen LogP contribution is 2.31. The van der Waals surface area contributed by atoms with Gasteiger partial charge in [-0.15, -0.1) is 0 Å².